The Balaban J connectivity index is 2.48. The molecule has 1 fully saturated rings. The average molecular weight is 215 g/mol. The Bertz CT molecular complexity index is 267. The summed E-state index contributed by atoms with van der Waals surface area (Å²) in [5.41, 5.74) is 5.25. The van der Waals surface area contributed by atoms with Crippen LogP contribution in [0.3, 0.4) is 0 Å². The van der Waals surface area contributed by atoms with Crippen molar-refractivity contribution >= 4 is 11.7 Å². The molecule has 0 aromatic heterocycles. The minimum absolute atomic E-state index is 0.0701. The molecular weight excluding hydrogens is 198 g/mol. The molecule has 0 radical (unpaired) electrons. The van der Waals surface area contributed by atoms with Crippen molar-refractivity contribution in [3.8, 4) is 0 Å². The van der Waals surface area contributed by atoms with Crippen LogP contribution in [0, 0.1) is 5.92 Å². The van der Waals surface area contributed by atoms with Gasteiger partial charge in [-0.25, -0.2) is 0 Å². The van der Waals surface area contributed by atoms with Gasteiger partial charge in [0.15, 0.2) is 0 Å². The number of rotatable bonds is 2. The molecule has 0 aromatic rings. The summed E-state index contributed by atoms with van der Waals surface area (Å²) in [6.07, 6.45) is 0.181. The van der Waals surface area contributed by atoms with E-state index in [1.807, 2.05) is 6.92 Å². The molecule has 15 heavy (non-hydrogen) atoms. The first-order chi connectivity index (χ1) is 7.04. The third-order valence-corrected chi connectivity index (χ3v) is 2.67. The topological polar surface area (TPSA) is 99.2 Å². The van der Waals surface area contributed by atoms with Gasteiger partial charge in [0.2, 0.25) is 5.91 Å². The molecule has 0 aliphatic carbocycles. The van der Waals surface area contributed by atoms with Crippen LogP contribution in [0.1, 0.15) is 19.8 Å². The van der Waals surface area contributed by atoms with Crippen LogP contribution in [0.2, 0.25) is 0 Å². The van der Waals surface area contributed by atoms with E-state index in [-0.39, 0.29) is 30.2 Å². The number of carbonyl (C=O) groups is 1. The van der Waals surface area contributed by atoms with Crippen molar-refractivity contribution in [1.82, 2.24) is 4.90 Å². The van der Waals surface area contributed by atoms with Crippen molar-refractivity contribution in [2.45, 2.75) is 25.9 Å². The van der Waals surface area contributed by atoms with Crippen molar-refractivity contribution in [2.24, 2.45) is 16.8 Å². The molecule has 0 bridgehead atoms. The molecule has 1 aliphatic rings. The van der Waals surface area contributed by atoms with Crippen molar-refractivity contribution in [3.05, 3.63) is 0 Å². The Morgan fingerprint density at radius 2 is 2.33 bits per heavy atom. The zero-order valence-electron chi connectivity index (χ0n) is 8.76. The van der Waals surface area contributed by atoms with Gasteiger partial charge >= 0.3 is 0 Å². The zero-order valence-corrected chi connectivity index (χ0v) is 8.76. The number of aliphatic hydroxyl groups is 1. The summed E-state index contributed by atoms with van der Waals surface area (Å²) < 4.78 is 0. The summed E-state index contributed by atoms with van der Waals surface area (Å²) in [7, 11) is 0. The molecule has 2 unspecified atom stereocenters. The molecule has 1 heterocycles. The van der Waals surface area contributed by atoms with Crippen LogP contribution >= 0.6 is 0 Å². The lowest BCUT2D eigenvalue weighted by Crippen LogP contribution is -2.45. The fourth-order valence-corrected chi connectivity index (χ4v) is 1.66. The Morgan fingerprint density at radius 3 is 2.87 bits per heavy atom. The van der Waals surface area contributed by atoms with Crippen LogP contribution in [0.25, 0.3) is 0 Å². The van der Waals surface area contributed by atoms with Gasteiger partial charge in [0.1, 0.15) is 5.84 Å². The van der Waals surface area contributed by atoms with Crippen LogP contribution in [0.5, 0.6) is 0 Å². The number of aliphatic hydroxyl groups excluding tert-OH is 1. The van der Waals surface area contributed by atoms with Crippen molar-refractivity contribution < 1.29 is 15.1 Å². The van der Waals surface area contributed by atoms with Gasteiger partial charge in [-0.3, -0.25) is 4.79 Å². The van der Waals surface area contributed by atoms with E-state index in [4.69, 9.17) is 10.9 Å². The number of likely N-dealkylation sites (tertiary alicyclic amines) is 1. The van der Waals surface area contributed by atoms with Gasteiger partial charge in [-0.2, -0.15) is 0 Å². The van der Waals surface area contributed by atoms with E-state index >= 15 is 0 Å². The molecule has 6 nitrogen and oxygen atoms in total. The molecule has 1 amide bonds. The monoisotopic (exact) mass is 215 g/mol. The minimum atomic E-state index is -0.335. The zero-order chi connectivity index (χ0) is 11.4. The molecular formula is C9H17N3O3. The third-order valence-electron chi connectivity index (χ3n) is 2.67. The molecule has 1 aliphatic heterocycles. The number of nitrogens with two attached hydrogens (primary N) is 1. The standard InChI is InChI=1S/C9H17N3O3/c1-6-5-12(3-2-7(6)13)9(14)4-8(10)11-15/h6-7,13,15H,2-5H2,1H3,(H2,10,11). The minimum Gasteiger partial charge on any atom is -0.409 e. The van der Waals surface area contributed by atoms with Crippen LogP contribution in [-0.4, -0.2) is 46.1 Å². The number of carbonyl (C=O) groups excluding carboxylic acids is 1. The smallest absolute Gasteiger partial charge is 0.230 e. The quantitative estimate of drug-likeness (QED) is 0.247. The number of hydrogen-bond donors (Lipinski definition) is 3. The maximum atomic E-state index is 11.6. The SMILES string of the molecule is CC1CN(C(=O)CC(N)=NO)CCC1O. The highest BCUT2D eigenvalue weighted by atomic mass is 16.4. The molecule has 4 N–H and O–H groups in total. The van der Waals surface area contributed by atoms with Crippen LogP contribution < -0.4 is 5.73 Å². The lowest BCUT2D eigenvalue weighted by Gasteiger charge is -2.34. The Morgan fingerprint density at radius 1 is 1.67 bits per heavy atom. The highest BCUT2D eigenvalue weighted by Gasteiger charge is 2.27. The first-order valence-electron chi connectivity index (χ1n) is 4.96. The van der Waals surface area contributed by atoms with Crippen LogP contribution in [0.15, 0.2) is 5.16 Å². The first-order valence-corrected chi connectivity index (χ1v) is 4.96. The Hall–Kier alpha value is -1.30. The van der Waals surface area contributed by atoms with Crippen LogP contribution in [0.4, 0.5) is 0 Å². The molecule has 1 saturated heterocycles. The first kappa shape index (κ1) is 11.8. The summed E-state index contributed by atoms with van der Waals surface area (Å²) >= 11 is 0. The van der Waals surface area contributed by atoms with E-state index in [1.54, 1.807) is 4.90 Å². The second-order valence-corrected chi connectivity index (χ2v) is 3.94. The van der Waals surface area contributed by atoms with Gasteiger partial charge in [-0.1, -0.05) is 12.1 Å². The normalized spacial score (nSPS) is 27.9. The lowest BCUT2D eigenvalue weighted by atomic mass is 9.96. The summed E-state index contributed by atoms with van der Waals surface area (Å²) in [6.45, 7) is 2.95. The Kier molecular flexibility index (Phi) is 3.90. The molecule has 2 atom stereocenters. The molecule has 6 heteroatoms. The lowest BCUT2D eigenvalue weighted by molar-refractivity contribution is -0.133. The predicted octanol–water partition coefficient (Wildman–Crippen LogP) is -0.648. The number of hydrogen-bond acceptors (Lipinski definition) is 4. The number of oxime groups is 1. The van der Waals surface area contributed by atoms with Gasteiger partial charge in [-0.05, 0) is 12.3 Å². The van der Waals surface area contributed by atoms with Crippen molar-refractivity contribution in [3.63, 3.8) is 0 Å². The van der Waals surface area contributed by atoms with Gasteiger partial charge in [0.05, 0.1) is 12.5 Å². The predicted molar refractivity (Wildman–Crippen MR) is 54.4 cm³/mol. The molecule has 0 saturated carbocycles. The van der Waals surface area contributed by atoms with E-state index in [0.29, 0.717) is 19.5 Å². The van der Waals surface area contributed by atoms with E-state index in [1.165, 1.54) is 0 Å². The van der Waals surface area contributed by atoms with E-state index < -0.39 is 0 Å². The summed E-state index contributed by atoms with van der Waals surface area (Å²) in [6, 6.07) is 0. The average Bonchev–Trinajstić information content (AvgIpc) is 2.21. The van der Waals surface area contributed by atoms with Gasteiger partial charge in [0.25, 0.3) is 0 Å². The Labute approximate surface area is 88.4 Å². The van der Waals surface area contributed by atoms with Crippen molar-refractivity contribution in [2.75, 3.05) is 13.1 Å². The fraction of sp³-hybridized carbons (Fsp3) is 0.778. The van der Waals surface area contributed by atoms with E-state index in [9.17, 15) is 9.90 Å². The van der Waals surface area contributed by atoms with E-state index in [0.717, 1.165) is 0 Å². The second kappa shape index (κ2) is 4.97. The molecule has 0 aromatic carbocycles. The summed E-state index contributed by atoms with van der Waals surface area (Å²) in [4.78, 5) is 13.2. The number of piperidine rings is 1. The molecule has 1 rings (SSSR count). The molecule has 86 valence electrons. The number of amides is 1. The maximum absolute atomic E-state index is 11.6. The van der Waals surface area contributed by atoms with Gasteiger partial charge in [-0.15, -0.1) is 0 Å². The number of amidine groups is 1. The third kappa shape index (κ3) is 3.09. The van der Waals surface area contributed by atoms with Gasteiger partial charge < -0.3 is 20.9 Å². The van der Waals surface area contributed by atoms with Gasteiger partial charge in [0, 0.05) is 13.1 Å². The van der Waals surface area contributed by atoms with Crippen molar-refractivity contribution in [1.29, 1.82) is 0 Å². The summed E-state index contributed by atoms with van der Waals surface area (Å²) in [5.74, 6) is -0.169. The van der Waals surface area contributed by atoms with Crippen LogP contribution in [-0.2, 0) is 4.79 Å². The molecule has 0 spiro atoms. The second-order valence-electron chi connectivity index (χ2n) is 3.94. The largest absolute Gasteiger partial charge is 0.409 e. The highest BCUT2D eigenvalue weighted by molar-refractivity contribution is 5.98. The summed E-state index contributed by atoms with van der Waals surface area (Å²) in [5, 5.41) is 20.6. The highest BCUT2D eigenvalue weighted by Crippen LogP contribution is 2.16. The maximum Gasteiger partial charge on any atom is 0.230 e. The van der Waals surface area contributed by atoms with E-state index in [2.05, 4.69) is 5.16 Å². The fourth-order valence-electron chi connectivity index (χ4n) is 1.66. The number of nitrogens with zero attached hydrogens (tertiary/aromatic N) is 2.